The zero-order valence-electron chi connectivity index (χ0n) is 8.15. The summed E-state index contributed by atoms with van der Waals surface area (Å²) < 4.78 is 40.7. The average molecular weight is 282 g/mol. The third kappa shape index (κ3) is 3.74. The van der Waals surface area contributed by atoms with E-state index in [2.05, 4.69) is 20.7 Å². The van der Waals surface area contributed by atoms with Gasteiger partial charge in [-0.3, -0.25) is 0 Å². The molecule has 1 nitrogen and oxygen atoms in total. The predicted octanol–water partition coefficient (Wildman–Crippen LogP) is 4.31. The molecular formula is C10H9BrF3O. The van der Waals surface area contributed by atoms with Gasteiger partial charge >= 0.3 is 6.36 Å². The van der Waals surface area contributed by atoms with Crippen LogP contribution in [0.2, 0.25) is 0 Å². The molecule has 1 aromatic rings. The van der Waals surface area contributed by atoms with Crippen LogP contribution in [0.5, 0.6) is 5.75 Å². The summed E-state index contributed by atoms with van der Waals surface area (Å²) >= 11 is 3.19. The lowest BCUT2D eigenvalue weighted by Crippen LogP contribution is -2.18. The number of hydrogen-bond acceptors (Lipinski definition) is 1. The van der Waals surface area contributed by atoms with Crippen LogP contribution in [0, 0.1) is 5.92 Å². The minimum absolute atomic E-state index is 0.175. The van der Waals surface area contributed by atoms with Gasteiger partial charge in [0.05, 0.1) is 0 Å². The topological polar surface area (TPSA) is 9.23 Å². The first kappa shape index (κ1) is 12.4. The summed E-state index contributed by atoms with van der Waals surface area (Å²) in [6, 6.07) is 4.39. The molecule has 5 heteroatoms. The van der Waals surface area contributed by atoms with E-state index in [-0.39, 0.29) is 5.75 Å². The Bertz CT molecular complexity index is 347. The van der Waals surface area contributed by atoms with Gasteiger partial charge in [-0.2, -0.15) is 0 Å². The zero-order valence-corrected chi connectivity index (χ0v) is 9.74. The molecule has 0 N–H and O–H groups in total. The summed E-state index contributed by atoms with van der Waals surface area (Å²) in [5, 5.41) is 0. The molecule has 0 spiro atoms. The lowest BCUT2D eigenvalue weighted by Gasteiger charge is -2.15. The Kier molecular flexibility index (Phi) is 3.65. The van der Waals surface area contributed by atoms with E-state index in [0.29, 0.717) is 10.0 Å². The first-order chi connectivity index (χ1) is 6.79. The average Bonchev–Trinajstić information content (AvgIpc) is 2.05. The maximum Gasteiger partial charge on any atom is 0.573 e. The molecule has 0 saturated heterocycles. The molecule has 0 atom stereocenters. The maximum absolute atomic E-state index is 12.0. The van der Waals surface area contributed by atoms with E-state index < -0.39 is 6.36 Å². The molecule has 0 aromatic heterocycles. The molecule has 0 aliphatic heterocycles. The molecular weight excluding hydrogens is 273 g/mol. The number of benzene rings is 1. The monoisotopic (exact) mass is 281 g/mol. The Hall–Kier alpha value is -0.710. The Labute approximate surface area is 94.4 Å². The third-order valence-electron chi connectivity index (χ3n) is 1.71. The van der Waals surface area contributed by atoms with Crippen molar-refractivity contribution in [2.75, 3.05) is 0 Å². The van der Waals surface area contributed by atoms with Crippen molar-refractivity contribution in [3.8, 4) is 5.75 Å². The van der Waals surface area contributed by atoms with Gasteiger partial charge < -0.3 is 4.74 Å². The first-order valence-corrected chi connectivity index (χ1v) is 4.95. The molecule has 83 valence electrons. The quantitative estimate of drug-likeness (QED) is 0.785. The smallest absolute Gasteiger partial charge is 0.405 e. The molecule has 0 amide bonds. The van der Waals surface area contributed by atoms with Crippen LogP contribution in [0.15, 0.2) is 22.7 Å². The zero-order chi connectivity index (χ0) is 11.6. The highest BCUT2D eigenvalue weighted by molar-refractivity contribution is 9.10. The van der Waals surface area contributed by atoms with Crippen LogP contribution in [-0.2, 0) is 0 Å². The van der Waals surface area contributed by atoms with E-state index in [9.17, 15) is 13.2 Å². The molecule has 0 heterocycles. The number of alkyl halides is 3. The van der Waals surface area contributed by atoms with Crippen LogP contribution < -0.4 is 4.74 Å². The van der Waals surface area contributed by atoms with E-state index >= 15 is 0 Å². The summed E-state index contributed by atoms with van der Waals surface area (Å²) in [4.78, 5) is 0. The molecule has 1 rings (SSSR count). The fourth-order valence-corrected chi connectivity index (χ4v) is 1.47. The lowest BCUT2D eigenvalue weighted by molar-refractivity contribution is -0.274. The van der Waals surface area contributed by atoms with Gasteiger partial charge in [0, 0.05) is 16.0 Å². The molecule has 0 unspecified atom stereocenters. The van der Waals surface area contributed by atoms with Crippen molar-refractivity contribution in [2.24, 2.45) is 0 Å². The fourth-order valence-electron chi connectivity index (χ4n) is 1.11. The van der Waals surface area contributed by atoms with Gasteiger partial charge in [0.25, 0.3) is 0 Å². The molecule has 1 aromatic carbocycles. The fraction of sp³-hybridized carbons (Fsp3) is 0.300. The van der Waals surface area contributed by atoms with Gasteiger partial charge in [-0.05, 0) is 18.2 Å². The minimum Gasteiger partial charge on any atom is -0.405 e. The lowest BCUT2D eigenvalue weighted by atomic mass is 10.0. The van der Waals surface area contributed by atoms with Gasteiger partial charge in [-0.1, -0.05) is 29.8 Å². The van der Waals surface area contributed by atoms with Crippen LogP contribution in [0.25, 0.3) is 0 Å². The van der Waals surface area contributed by atoms with E-state index in [1.807, 2.05) is 0 Å². The van der Waals surface area contributed by atoms with Crippen molar-refractivity contribution < 1.29 is 17.9 Å². The largest absolute Gasteiger partial charge is 0.573 e. The highest BCUT2D eigenvalue weighted by Crippen LogP contribution is 2.32. The van der Waals surface area contributed by atoms with E-state index in [1.165, 1.54) is 12.1 Å². The van der Waals surface area contributed by atoms with E-state index in [0.717, 1.165) is 5.92 Å². The van der Waals surface area contributed by atoms with Gasteiger partial charge in [-0.25, -0.2) is 0 Å². The second-order valence-corrected chi connectivity index (χ2v) is 4.10. The molecule has 0 saturated carbocycles. The first-order valence-electron chi connectivity index (χ1n) is 4.15. The van der Waals surface area contributed by atoms with Crippen molar-refractivity contribution in [3.05, 3.63) is 34.2 Å². The number of hydrogen-bond donors (Lipinski definition) is 0. The molecule has 0 fully saturated rings. The van der Waals surface area contributed by atoms with Gasteiger partial charge in [0.1, 0.15) is 5.75 Å². The van der Waals surface area contributed by atoms with Crippen molar-refractivity contribution in [3.63, 3.8) is 0 Å². The number of ether oxygens (including phenoxy) is 1. The Balaban J connectivity index is 3.06. The summed E-state index contributed by atoms with van der Waals surface area (Å²) in [5.74, 6) is 0.584. The second-order valence-electron chi connectivity index (χ2n) is 3.19. The van der Waals surface area contributed by atoms with Crippen LogP contribution in [0.1, 0.15) is 19.4 Å². The number of rotatable bonds is 2. The van der Waals surface area contributed by atoms with Crippen LogP contribution in [0.4, 0.5) is 13.2 Å². The van der Waals surface area contributed by atoms with Crippen molar-refractivity contribution >= 4 is 15.9 Å². The SMILES string of the molecule is C[C](C)c1cc(Br)ccc1OC(F)(F)F. The summed E-state index contributed by atoms with van der Waals surface area (Å²) in [6.45, 7) is 3.45. The van der Waals surface area contributed by atoms with Gasteiger partial charge in [0.2, 0.25) is 0 Å². The maximum atomic E-state index is 12.0. The second kappa shape index (κ2) is 4.43. The highest BCUT2D eigenvalue weighted by Gasteiger charge is 2.32. The van der Waals surface area contributed by atoms with Gasteiger partial charge in [-0.15, -0.1) is 13.2 Å². The summed E-state index contributed by atoms with van der Waals surface area (Å²) in [6.07, 6.45) is -4.65. The molecule has 15 heavy (non-hydrogen) atoms. The van der Waals surface area contributed by atoms with Crippen molar-refractivity contribution in [1.29, 1.82) is 0 Å². The Morgan fingerprint density at radius 3 is 2.33 bits per heavy atom. The van der Waals surface area contributed by atoms with Crippen molar-refractivity contribution in [2.45, 2.75) is 20.2 Å². The Morgan fingerprint density at radius 2 is 1.87 bits per heavy atom. The van der Waals surface area contributed by atoms with E-state index in [1.54, 1.807) is 19.9 Å². The minimum atomic E-state index is -4.65. The van der Waals surface area contributed by atoms with Crippen LogP contribution in [0.3, 0.4) is 0 Å². The standard InChI is InChI=1S/C10H9BrF3O/c1-6(2)8-5-7(11)3-4-9(8)15-10(12,13)14/h3-5H,1-2H3. The predicted molar refractivity (Wildman–Crippen MR) is 54.5 cm³/mol. The molecule has 0 aliphatic carbocycles. The van der Waals surface area contributed by atoms with Crippen LogP contribution in [-0.4, -0.2) is 6.36 Å². The molecule has 0 bridgehead atoms. The third-order valence-corrected chi connectivity index (χ3v) is 2.20. The molecule has 0 aliphatic rings. The van der Waals surface area contributed by atoms with E-state index in [4.69, 9.17) is 0 Å². The Morgan fingerprint density at radius 1 is 1.27 bits per heavy atom. The van der Waals surface area contributed by atoms with Crippen LogP contribution >= 0.6 is 15.9 Å². The molecule has 1 radical (unpaired) electrons. The van der Waals surface area contributed by atoms with Gasteiger partial charge in [0.15, 0.2) is 0 Å². The summed E-state index contributed by atoms with van der Waals surface area (Å²) in [5.41, 5.74) is 0.446. The number of halogens is 4. The highest BCUT2D eigenvalue weighted by atomic mass is 79.9. The van der Waals surface area contributed by atoms with Crippen molar-refractivity contribution in [1.82, 2.24) is 0 Å². The summed E-state index contributed by atoms with van der Waals surface area (Å²) in [7, 11) is 0. The normalized spacial score (nSPS) is 11.9.